The van der Waals surface area contributed by atoms with Crippen LogP contribution in [0, 0.1) is 5.92 Å². The number of rotatable bonds is 4. The van der Waals surface area contributed by atoms with E-state index >= 15 is 4.39 Å². The zero-order valence-corrected chi connectivity index (χ0v) is 13.9. The van der Waals surface area contributed by atoms with Crippen molar-refractivity contribution in [3.05, 3.63) is 30.4 Å². The van der Waals surface area contributed by atoms with Gasteiger partial charge < -0.3 is 9.42 Å². The van der Waals surface area contributed by atoms with Gasteiger partial charge in [-0.1, -0.05) is 19.0 Å². The van der Waals surface area contributed by atoms with Crippen LogP contribution in [0.5, 0.6) is 0 Å². The van der Waals surface area contributed by atoms with Crippen LogP contribution in [0.15, 0.2) is 29.0 Å². The van der Waals surface area contributed by atoms with E-state index in [1.807, 2.05) is 13.8 Å². The largest absolute Gasteiger partial charge is 0.339 e. The molecule has 6 nitrogen and oxygen atoms in total. The smallest absolute Gasteiger partial charge is 0.266 e. The molecular formula is C17H21FN4O2. The minimum absolute atomic E-state index is 0.0290. The second-order valence-electron chi connectivity index (χ2n) is 6.65. The molecule has 1 fully saturated rings. The molecule has 1 saturated heterocycles. The molecule has 1 unspecified atom stereocenters. The highest BCUT2D eigenvalue weighted by molar-refractivity contribution is 5.76. The third kappa shape index (κ3) is 3.44. The second kappa shape index (κ2) is 6.67. The van der Waals surface area contributed by atoms with Gasteiger partial charge in [0.05, 0.1) is 6.54 Å². The normalized spacial score (nSPS) is 21.2. The molecular weight excluding hydrogens is 311 g/mol. The molecule has 0 spiro atoms. The van der Waals surface area contributed by atoms with E-state index in [0.717, 1.165) is 0 Å². The number of nitrogens with zero attached hydrogens (tertiary/aromatic N) is 4. The summed E-state index contributed by atoms with van der Waals surface area (Å²) < 4.78 is 20.5. The molecule has 0 bridgehead atoms. The fourth-order valence-corrected chi connectivity index (χ4v) is 2.89. The van der Waals surface area contributed by atoms with Crippen molar-refractivity contribution >= 4 is 5.91 Å². The Labute approximate surface area is 140 Å². The van der Waals surface area contributed by atoms with Crippen LogP contribution in [0.3, 0.4) is 0 Å². The van der Waals surface area contributed by atoms with Crippen LogP contribution >= 0.6 is 0 Å². The van der Waals surface area contributed by atoms with Crippen LogP contribution in [-0.2, 0) is 10.5 Å². The Morgan fingerprint density at radius 1 is 1.50 bits per heavy atom. The summed E-state index contributed by atoms with van der Waals surface area (Å²) in [5.74, 6) is 0.455. The van der Waals surface area contributed by atoms with E-state index in [2.05, 4.69) is 15.1 Å². The second-order valence-corrected chi connectivity index (χ2v) is 6.65. The molecule has 128 valence electrons. The number of pyridine rings is 1. The molecule has 1 aliphatic heterocycles. The zero-order chi connectivity index (χ0) is 17.2. The maximum atomic E-state index is 15.4. The summed E-state index contributed by atoms with van der Waals surface area (Å²) in [5.41, 5.74) is -1.13. The van der Waals surface area contributed by atoms with Crippen LogP contribution in [0.2, 0.25) is 0 Å². The van der Waals surface area contributed by atoms with Crippen LogP contribution in [-0.4, -0.2) is 39.0 Å². The van der Waals surface area contributed by atoms with Gasteiger partial charge in [0.1, 0.15) is 0 Å². The third-order valence-corrected chi connectivity index (χ3v) is 4.11. The summed E-state index contributed by atoms with van der Waals surface area (Å²) in [6.07, 6.45) is 4.50. The quantitative estimate of drug-likeness (QED) is 0.861. The maximum absolute atomic E-state index is 15.4. The van der Waals surface area contributed by atoms with Crippen molar-refractivity contribution in [2.75, 3.05) is 13.1 Å². The average molecular weight is 332 g/mol. The van der Waals surface area contributed by atoms with Gasteiger partial charge in [-0.25, -0.2) is 4.39 Å². The van der Waals surface area contributed by atoms with Gasteiger partial charge in [-0.2, -0.15) is 4.98 Å². The molecule has 2 aromatic heterocycles. The van der Waals surface area contributed by atoms with Gasteiger partial charge in [-0.15, -0.1) is 0 Å². The van der Waals surface area contributed by atoms with E-state index in [0.29, 0.717) is 30.8 Å². The Hall–Kier alpha value is -2.31. The van der Waals surface area contributed by atoms with Gasteiger partial charge in [-0.3, -0.25) is 9.78 Å². The molecule has 0 N–H and O–H groups in total. The average Bonchev–Trinajstić information content (AvgIpc) is 3.06. The SMILES string of the molecule is CC(C)CC(=O)N1CCCC(F)(c2nc(-c3cccnc3)no2)C1. The Bertz CT molecular complexity index is 704. The molecule has 0 radical (unpaired) electrons. The molecule has 3 heterocycles. The number of aromatic nitrogens is 3. The molecule has 7 heteroatoms. The Morgan fingerprint density at radius 2 is 2.33 bits per heavy atom. The predicted molar refractivity (Wildman–Crippen MR) is 85.6 cm³/mol. The number of carbonyl (C=O) groups excluding carboxylic acids is 1. The molecule has 2 aromatic rings. The van der Waals surface area contributed by atoms with E-state index in [-0.39, 0.29) is 30.7 Å². The first-order valence-electron chi connectivity index (χ1n) is 8.19. The van der Waals surface area contributed by atoms with Gasteiger partial charge in [0, 0.05) is 30.9 Å². The van der Waals surface area contributed by atoms with Crippen LogP contribution < -0.4 is 0 Å². The van der Waals surface area contributed by atoms with E-state index < -0.39 is 5.67 Å². The van der Waals surface area contributed by atoms with E-state index in [1.165, 1.54) is 0 Å². The topological polar surface area (TPSA) is 72.1 Å². The van der Waals surface area contributed by atoms with Crippen molar-refractivity contribution in [2.45, 2.75) is 38.8 Å². The fourth-order valence-electron chi connectivity index (χ4n) is 2.89. The molecule has 0 saturated carbocycles. The molecule has 0 aliphatic carbocycles. The summed E-state index contributed by atoms with van der Waals surface area (Å²) >= 11 is 0. The van der Waals surface area contributed by atoms with Crippen LogP contribution in [0.4, 0.5) is 4.39 Å². The highest BCUT2D eigenvalue weighted by Crippen LogP contribution is 2.35. The van der Waals surface area contributed by atoms with E-state index in [1.54, 1.807) is 29.4 Å². The Morgan fingerprint density at radius 3 is 3.04 bits per heavy atom. The highest BCUT2D eigenvalue weighted by atomic mass is 19.1. The van der Waals surface area contributed by atoms with Gasteiger partial charge >= 0.3 is 0 Å². The Kier molecular flexibility index (Phi) is 4.59. The van der Waals surface area contributed by atoms with Gasteiger partial charge in [0.25, 0.3) is 5.89 Å². The molecule has 3 rings (SSSR count). The van der Waals surface area contributed by atoms with E-state index in [9.17, 15) is 4.79 Å². The monoisotopic (exact) mass is 332 g/mol. The first kappa shape index (κ1) is 16.5. The molecule has 1 atom stereocenters. The van der Waals surface area contributed by atoms with Crippen molar-refractivity contribution in [1.82, 2.24) is 20.0 Å². The lowest BCUT2D eigenvalue weighted by Gasteiger charge is -2.35. The summed E-state index contributed by atoms with van der Waals surface area (Å²) in [6.45, 7) is 4.49. The first-order valence-corrected chi connectivity index (χ1v) is 8.19. The van der Waals surface area contributed by atoms with Crippen LogP contribution in [0.1, 0.15) is 39.0 Å². The molecule has 0 aromatic carbocycles. The van der Waals surface area contributed by atoms with E-state index in [4.69, 9.17) is 4.52 Å². The predicted octanol–water partition coefficient (Wildman–Crippen LogP) is 2.96. The van der Waals surface area contributed by atoms with Crippen molar-refractivity contribution in [1.29, 1.82) is 0 Å². The number of piperidine rings is 1. The minimum atomic E-state index is -1.79. The fraction of sp³-hybridized carbons (Fsp3) is 0.529. The summed E-state index contributed by atoms with van der Waals surface area (Å²) in [5, 5.41) is 3.86. The lowest BCUT2D eigenvalue weighted by Crippen LogP contribution is -2.46. The number of carbonyl (C=O) groups is 1. The minimum Gasteiger partial charge on any atom is -0.339 e. The number of alkyl halides is 1. The van der Waals surface area contributed by atoms with Crippen molar-refractivity contribution in [3.8, 4) is 11.4 Å². The highest BCUT2D eigenvalue weighted by Gasteiger charge is 2.43. The molecule has 1 aliphatic rings. The van der Waals surface area contributed by atoms with Gasteiger partial charge in [-0.05, 0) is 30.9 Å². The van der Waals surface area contributed by atoms with Crippen molar-refractivity contribution in [3.63, 3.8) is 0 Å². The van der Waals surface area contributed by atoms with Crippen molar-refractivity contribution in [2.24, 2.45) is 5.92 Å². The number of amides is 1. The lowest BCUT2D eigenvalue weighted by atomic mass is 9.94. The van der Waals surface area contributed by atoms with Crippen LogP contribution in [0.25, 0.3) is 11.4 Å². The zero-order valence-electron chi connectivity index (χ0n) is 13.9. The number of hydrogen-bond acceptors (Lipinski definition) is 5. The molecule has 1 amide bonds. The number of likely N-dealkylation sites (tertiary alicyclic amines) is 1. The number of hydrogen-bond donors (Lipinski definition) is 0. The van der Waals surface area contributed by atoms with Gasteiger partial charge in [0.2, 0.25) is 17.4 Å². The number of halogens is 1. The third-order valence-electron chi connectivity index (χ3n) is 4.11. The summed E-state index contributed by atoms with van der Waals surface area (Å²) in [6, 6.07) is 3.54. The summed E-state index contributed by atoms with van der Waals surface area (Å²) in [4.78, 5) is 22.0. The summed E-state index contributed by atoms with van der Waals surface area (Å²) in [7, 11) is 0. The first-order chi connectivity index (χ1) is 11.5. The Balaban J connectivity index is 1.78. The lowest BCUT2D eigenvalue weighted by molar-refractivity contribution is -0.137. The van der Waals surface area contributed by atoms with Crippen molar-refractivity contribution < 1.29 is 13.7 Å². The molecule has 24 heavy (non-hydrogen) atoms. The van der Waals surface area contributed by atoms with Gasteiger partial charge in [0.15, 0.2) is 0 Å². The maximum Gasteiger partial charge on any atom is 0.266 e. The standard InChI is InChI=1S/C17H21FN4O2/c1-12(2)9-14(23)22-8-4-6-17(18,11-22)16-20-15(21-24-16)13-5-3-7-19-10-13/h3,5,7,10,12H,4,6,8-9,11H2,1-2H3.